The highest BCUT2D eigenvalue weighted by Crippen LogP contribution is 2.26. The molecule has 0 radical (unpaired) electrons. The van der Waals surface area contributed by atoms with Crippen LogP contribution in [0.15, 0.2) is 58.5 Å². The molecule has 1 aromatic heterocycles. The number of nitrogens with zero attached hydrogens (tertiary/aromatic N) is 3. The average molecular weight is 424 g/mol. The summed E-state index contributed by atoms with van der Waals surface area (Å²) in [5, 5.41) is 0.774. The van der Waals surface area contributed by atoms with Gasteiger partial charge in [-0.25, -0.2) is 4.98 Å². The monoisotopic (exact) mass is 423 g/mol. The first-order valence-corrected chi connectivity index (χ1v) is 11.0. The summed E-state index contributed by atoms with van der Waals surface area (Å²) >= 11 is 1.34. The molecule has 0 fully saturated rings. The Morgan fingerprint density at radius 3 is 2.70 bits per heavy atom. The molecule has 30 heavy (non-hydrogen) atoms. The number of benzene rings is 2. The Kier molecular flexibility index (Phi) is 6.20. The summed E-state index contributed by atoms with van der Waals surface area (Å²) in [6.45, 7) is 4.02. The summed E-state index contributed by atoms with van der Waals surface area (Å²) in [5.41, 5.74) is 3.05. The summed E-state index contributed by atoms with van der Waals surface area (Å²) in [6, 6.07) is 15.6. The third-order valence-corrected chi connectivity index (χ3v) is 6.50. The standard InChI is InChI=1S/C23H25N3O3S/c1-16(21(27)25-12-11-17-7-3-4-8-18(17)15-25)30-23-24-20-10-6-5-9-19(20)22(28)26(23)13-14-29-2/h3-10,16H,11-15H2,1-2H3/t16-/m0/s1. The van der Waals surface area contributed by atoms with E-state index in [1.807, 2.05) is 42.2 Å². The van der Waals surface area contributed by atoms with E-state index in [0.29, 0.717) is 42.3 Å². The minimum atomic E-state index is -0.350. The van der Waals surface area contributed by atoms with Crippen LogP contribution in [0.1, 0.15) is 18.1 Å². The first kappa shape index (κ1) is 20.6. The third-order valence-electron chi connectivity index (χ3n) is 5.42. The van der Waals surface area contributed by atoms with Crippen molar-refractivity contribution in [2.45, 2.75) is 36.8 Å². The van der Waals surface area contributed by atoms with Gasteiger partial charge in [-0.15, -0.1) is 0 Å². The Morgan fingerprint density at radius 2 is 1.90 bits per heavy atom. The number of thioether (sulfide) groups is 1. The number of hydrogen-bond donors (Lipinski definition) is 0. The quantitative estimate of drug-likeness (QED) is 0.450. The number of rotatable bonds is 6. The fourth-order valence-electron chi connectivity index (χ4n) is 3.77. The van der Waals surface area contributed by atoms with Gasteiger partial charge in [0.2, 0.25) is 5.91 Å². The maximum Gasteiger partial charge on any atom is 0.262 e. The van der Waals surface area contributed by atoms with Gasteiger partial charge in [0.15, 0.2) is 5.16 Å². The SMILES string of the molecule is COCCn1c(S[C@@H](C)C(=O)N2CCc3ccccc3C2)nc2ccccc2c1=O. The molecule has 0 spiro atoms. The molecule has 0 unspecified atom stereocenters. The first-order valence-electron chi connectivity index (χ1n) is 10.1. The van der Waals surface area contributed by atoms with Crippen molar-refractivity contribution in [3.63, 3.8) is 0 Å². The summed E-state index contributed by atoms with van der Waals surface area (Å²) in [4.78, 5) is 32.7. The molecule has 7 heteroatoms. The first-order chi connectivity index (χ1) is 14.6. The van der Waals surface area contributed by atoms with Gasteiger partial charge in [-0.2, -0.15) is 0 Å². The van der Waals surface area contributed by atoms with Gasteiger partial charge >= 0.3 is 0 Å². The fourth-order valence-corrected chi connectivity index (χ4v) is 4.79. The fraction of sp³-hybridized carbons (Fsp3) is 0.348. The van der Waals surface area contributed by atoms with Gasteiger partial charge in [-0.1, -0.05) is 48.2 Å². The van der Waals surface area contributed by atoms with Crippen molar-refractivity contribution in [2.75, 3.05) is 20.3 Å². The predicted octanol–water partition coefficient (Wildman–Crippen LogP) is 3.11. The molecule has 0 bridgehead atoms. The number of carbonyl (C=O) groups excluding carboxylic acids is 1. The lowest BCUT2D eigenvalue weighted by Crippen LogP contribution is -2.40. The van der Waals surface area contributed by atoms with Crippen LogP contribution in [0, 0.1) is 0 Å². The molecule has 0 aliphatic carbocycles. The molecule has 0 saturated carbocycles. The van der Waals surface area contributed by atoms with Crippen LogP contribution in [0.5, 0.6) is 0 Å². The molecule has 3 aromatic rings. The number of carbonyl (C=O) groups is 1. The topological polar surface area (TPSA) is 64.4 Å². The number of amides is 1. The van der Waals surface area contributed by atoms with Crippen molar-refractivity contribution in [3.8, 4) is 0 Å². The molecule has 1 amide bonds. The molecule has 156 valence electrons. The van der Waals surface area contributed by atoms with Crippen LogP contribution >= 0.6 is 11.8 Å². The minimum absolute atomic E-state index is 0.0650. The Balaban J connectivity index is 1.58. The largest absolute Gasteiger partial charge is 0.383 e. The van der Waals surface area contributed by atoms with Crippen LogP contribution in [0.3, 0.4) is 0 Å². The highest BCUT2D eigenvalue weighted by molar-refractivity contribution is 8.00. The number of fused-ring (bicyclic) bond motifs is 2. The highest BCUT2D eigenvalue weighted by atomic mass is 32.2. The van der Waals surface area contributed by atoms with E-state index < -0.39 is 0 Å². The van der Waals surface area contributed by atoms with Crippen LogP contribution < -0.4 is 5.56 Å². The lowest BCUT2D eigenvalue weighted by atomic mass is 10.00. The van der Waals surface area contributed by atoms with Gasteiger partial charge in [0.05, 0.1) is 29.3 Å². The molecule has 2 heterocycles. The third kappa shape index (κ3) is 4.13. The van der Waals surface area contributed by atoms with Crippen molar-refractivity contribution in [3.05, 3.63) is 70.0 Å². The normalized spacial score (nSPS) is 14.5. The van der Waals surface area contributed by atoms with E-state index in [-0.39, 0.29) is 16.7 Å². The number of para-hydroxylation sites is 1. The second kappa shape index (κ2) is 9.02. The Bertz CT molecular complexity index is 1130. The van der Waals surface area contributed by atoms with E-state index in [4.69, 9.17) is 9.72 Å². The van der Waals surface area contributed by atoms with Crippen molar-refractivity contribution in [1.29, 1.82) is 0 Å². The predicted molar refractivity (Wildman–Crippen MR) is 119 cm³/mol. The summed E-state index contributed by atoms with van der Waals surface area (Å²) in [7, 11) is 1.60. The minimum Gasteiger partial charge on any atom is -0.383 e. The maximum absolute atomic E-state index is 13.2. The van der Waals surface area contributed by atoms with Crippen molar-refractivity contribution >= 4 is 28.6 Å². The van der Waals surface area contributed by atoms with E-state index in [0.717, 1.165) is 6.42 Å². The Labute approximate surface area is 179 Å². The van der Waals surface area contributed by atoms with Gasteiger partial charge < -0.3 is 9.64 Å². The van der Waals surface area contributed by atoms with E-state index in [9.17, 15) is 9.59 Å². The summed E-state index contributed by atoms with van der Waals surface area (Å²) < 4.78 is 6.79. The number of ether oxygens (including phenoxy) is 1. The summed E-state index contributed by atoms with van der Waals surface area (Å²) in [6.07, 6.45) is 0.867. The number of methoxy groups -OCH3 is 1. The van der Waals surface area contributed by atoms with Crippen molar-refractivity contribution < 1.29 is 9.53 Å². The van der Waals surface area contributed by atoms with Crippen LogP contribution in [-0.4, -0.2) is 45.9 Å². The van der Waals surface area contributed by atoms with Crippen molar-refractivity contribution in [1.82, 2.24) is 14.5 Å². The molecule has 1 aliphatic heterocycles. The number of aromatic nitrogens is 2. The molecule has 4 rings (SSSR count). The zero-order valence-corrected chi connectivity index (χ0v) is 18.0. The zero-order chi connectivity index (χ0) is 21.1. The van der Waals surface area contributed by atoms with Gasteiger partial charge in [-0.05, 0) is 36.6 Å². The lowest BCUT2D eigenvalue weighted by molar-refractivity contribution is -0.131. The molecule has 0 saturated heterocycles. The van der Waals surface area contributed by atoms with E-state index >= 15 is 0 Å². The van der Waals surface area contributed by atoms with Crippen LogP contribution in [0.4, 0.5) is 0 Å². The van der Waals surface area contributed by atoms with Crippen LogP contribution in [-0.2, 0) is 29.0 Å². The van der Waals surface area contributed by atoms with Gasteiger partial charge in [0.25, 0.3) is 5.56 Å². The average Bonchev–Trinajstić information content (AvgIpc) is 2.78. The van der Waals surface area contributed by atoms with Crippen LogP contribution in [0.2, 0.25) is 0 Å². The van der Waals surface area contributed by atoms with Crippen molar-refractivity contribution in [2.24, 2.45) is 0 Å². The van der Waals surface area contributed by atoms with Crippen LogP contribution in [0.25, 0.3) is 10.9 Å². The van der Waals surface area contributed by atoms with Gasteiger partial charge in [0.1, 0.15) is 0 Å². The highest BCUT2D eigenvalue weighted by Gasteiger charge is 2.26. The second-order valence-corrected chi connectivity index (χ2v) is 8.71. The number of hydrogen-bond acceptors (Lipinski definition) is 5. The summed E-state index contributed by atoms with van der Waals surface area (Å²) in [5.74, 6) is 0.0650. The van der Waals surface area contributed by atoms with E-state index in [1.165, 1.54) is 22.9 Å². The van der Waals surface area contributed by atoms with E-state index in [2.05, 4.69) is 12.1 Å². The Hall–Kier alpha value is -2.64. The smallest absolute Gasteiger partial charge is 0.262 e. The van der Waals surface area contributed by atoms with Gasteiger partial charge in [0, 0.05) is 20.2 Å². The molecule has 1 atom stereocenters. The second-order valence-electron chi connectivity index (χ2n) is 7.40. The lowest BCUT2D eigenvalue weighted by Gasteiger charge is -2.30. The van der Waals surface area contributed by atoms with Gasteiger partial charge in [-0.3, -0.25) is 14.2 Å². The maximum atomic E-state index is 13.2. The van der Waals surface area contributed by atoms with E-state index in [1.54, 1.807) is 17.7 Å². The molecule has 2 aromatic carbocycles. The molecule has 0 N–H and O–H groups in total. The Morgan fingerprint density at radius 1 is 1.17 bits per heavy atom. The zero-order valence-electron chi connectivity index (χ0n) is 17.2. The molecular formula is C23H25N3O3S. The molecular weight excluding hydrogens is 398 g/mol. The molecule has 1 aliphatic rings. The molecule has 6 nitrogen and oxygen atoms in total.